The van der Waals surface area contributed by atoms with Gasteiger partial charge in [0.15, 0.2) is 0 Å². The first kappa shape index (κ1) is 16.6. The molecule has 0 atom stereocenters. The molecule has 118 valence electrons. The number of hydrogen-bond acceptors (Lipinski definition) is 2. The molecule has 0 aliphatic carbocycles. The van der Waals surface area contributed by atoms with Crippen LogP contribution in [0.4, 0.5) is 5.69 Å². The summed E-state index contributed by atoms with van der Waals surface area (Å²) in [6, 6.07) is 6.81. The summed E-state index contributed by atoms with van der Waals surface area (Å²) in [5, 5.41) is 4.34. The van der Waals surface area contributed by atoms with Crippen LogP contribution in [0.3, 0.4) is 0 Å². The van der Waals surface area contributed by atoms with E-state index in [1.165, 1.54) is 30.5 Å². The first-order valence-electron chi connectivity index (χ1n) is 8.14. The number of nitrogens with one attached hydrogen (secondary N) is 1. The largest absolute Gasteiger partial charge is 0.371 e. The third-order valence-electron chi connectivity index (χ3n) is 4.42. The second kappa shape index (κ2) is 7.02. The molecular weight excluding hydrogens is 280 g/mol. The van der Waals surface area contributed by atoms with Gasteiger partial charge in [0.25, 0.3) is 0 Å². The van der Waals surface area contributed by atoms with Crippen LogP contribution in [0.5, 0.6) is 0 Å². The first-order valence-corrected chi connectivity index (χ1v) is 8.52. The summed E-state index contributed by atoms with van der Waals surface area (Å²) in [7, 11) is 0. The van der Waals surface area contributed by atoms with Gasteiger partial charge in [0, 0.05) is 36.4 Å². The van der Waals surface area contributed by atoms with Crippen molar-refractivity contribution in [2.45, 2.75) is 59.5 Å². The van der Waals surface area contributed by atoms with Crippen molar-refractivity contribution < 1.29 is 0 Å². The third kappa shape index (κ3) is 4.89. The van der Waals surface area contributed by atoms with Gasteiger partial charge in [-0.15, -0.1) is 0 Å². The Morgan fingerprint density at radius 1 is 1.24 bits per heavy atom. The minimum absolute atomic E-state index is 0.470. The predicted molar refractivity (Wildman–Crippen MR) is 93.3 cm³/mol. The summed E-state index contributed by atoms with van der Waals surface area (Å²) in [4.78, 5) is 2.54. The maximum atomic E-state index is 6.20. The zero-order valence-corrected chi connectivity index (χ0v) is 14.6. The minimum Gasteiger partial charge on any atom is -0.371 e. The van der Waals surface area contributed by atoms with Crippen molar-refractivity contribution in [3.05, 3.63) is 28.8 Å². The molecule has 1 N–H and O–H groups in total. The Balaban J connectivity index is 2.17. The van der Waals surface area contributed by atoms with E-state index in [1.807, 2.05) is 6.07 Å². The van der Waals surface area contributed by atoms with E-state index < -0.39 is 0 Å². The predicted octanol–water partition coefficient (Wildman–Crippen LogP) is 4.85. The molecule has 0 bridgehead atoms. The van der Waals surface area contributed by atoms with Crippen molar-refractivity contribution in [2.75, 3.05) is 18.0 Å². The van der Waals surface area contributed by atoms with Gasteiger partial charge in [0.05, 0.1) is 0 Å². The van der Waals surface area contributed by atoms with Crippen LogP contribution >= 0.6 is 11.6 Å². The second-order valence-corrected chi connectivity index (χ2v) is 7.75. The summed E-state index contributed by atoms with van der Waals surface area (Å²) in [6.07, 6.45) is 3.84. The fourth-order valence-electron chi connectivity index (χ4n) is 2.98. The Hall–Kier alpha value is -0.730. The topological polar surface area (TPSA) is 15.3 Å². The molecule has 1 aliphatic heterocycles. The van der Waals surface area contributed by atoms with E-state index in [-0.39, 0.29) is 0 Å². The fraction of sp³-hybridized carbons (Fsp3) is 0.667. The van der Waals surface area contributed by atoms with Crippen LogP contribution in [0.25, 0.3) is 0 Å². The van der Waals surface area contributed by atoms with E-state index >= 15 is 0 Å². The van der Waals surface area contributed by atoms with Gasteiger partial charge in [0.1, 0.15) is 0 Å². The lowest BCUT2D eigenvalue weighted by atomic mass is 9.85. The molecule has 2 rings (SSSR count). The van der Waals surface area contributed by atoms with Gasteiger partial charge >= 0.3 is 0 Å². The van der Waals surface area contributed by atoms with Gasteiger partial charge in [-0.3, -0.25) is 0 Å². The molecule has 21 heavy (non-hydrogen) atoms. The highest BCUT2D eigenvalue weighted by Gasteiger charge is 2.24. The van der Waals surface area contributed by atoms with Gasteiger partial charge in [0.2, 0.25) is 0 Å². The van der Waals surface area contributed by atoms with Crippen LogP contribution in [0.15, 0.2) is 18.2 Å². The molecule has 2 nitrogen and oxygen atoms in total. The summed E-state index contributed by atoms with van der Waals surface area (Å²) < 4.78 is 0. The third-order valence-corrected chi connectivity index (χ3v) is 4.66. The van der Waals surface area contributed by atoms with Crippen LogP contribution in [-0.2, 0) is 6.54 Å². The molecule has 0 spiro atoms. The van der Waals surface area contributed by atoms with Crippen LogP contribution in [0.1, 0.15) is 52.5 Å². The molecule has 3 heteroatoms. The van der Waals surface area contributed by atoms with E-state index in [1.54, 1.807) is 0 Å². The first-order chi connectivity index (χ1) is 9.87. The SMILES string of the molecule is CC(C)NCc1cc(Cl)ccc1N1CCCC(C)(C)CC1. The van der Waals surface area contributed by atoms with E-state index in [0.29, 0.717) is 11.5 Å². The summed E-state index contributed by atoms with van der Waals surface area (Å²) in [5.74, 6) is 0. The Labute approximate surface area is 134 Å². The molecular formula is C18H29ClN2. The van der Waals surface area contributed by atoms with Gasteiger partial charge in [-0.05, 0) is 48.4 Å². The summed E-state index contributed by atoms with van der Waals surface area (Å²) >= 11 is 6.20. The van der Waals surface area contributed by atoms with E-state index in [2.05, 4.69) is 50.0 Å². The highest BCUT2D eigenvalue weighted by Crippen LogP contribution is 2.33. The molecule has 0 amide bonds. The lowest BCUT2D eigenvalue weighted by Gasteiger charge is -2.27. The van der Waals surface area contributed by atoms with Gasteiger partial charge in [-0.25, -0.2) is 0 Å². The van der Waals surface area contributed by atoms with Gasteiger partial charge < -0.3 is 10.2 Å². The van der Waals surface area contributed by atoms with Crippen molar-refractivity contribution in [1.82, 2.24) is 5.32 Å². The molecule has 1 saturated heterocycles. The molecule has 0 aromatic heterocycles. The zero-order valence-electron chi connectivity index (χ0n) is 13.9. The fourth-order valence-corrected chi connectivity index (χ4v) is 3.18. The lowest BCUT2D eigenvalue weighted by Crippen LogP contribution is -2.28. The quantitative estimate of drug-likeness (QED) is 0.855. The normalized spacial score (nSPS) is 18.9. The molecule has 1 heterocycles. The van der Waals surface area contributed by atoms with Crippen LogP contribution < -0.4 is 10.2 Å². The molecule has 0 saturated carbocycles. The van der Waals surface area contributed by atoms with Crippen molar-refractivity contribution in [3.63, 3.8) is 0 Å². The Bertz CT molecular complexity index is 468. The van der Waals surface area contributed by atoms with Crippen molar-refractivity contribution >= 4 is 17.3 Å². The number of hydrogen-bond donors (Lipinski definition) is 1. The van der Waals surface area contributed by atoms with Crippen LogP contribution in [0, 0.1) is 5.41 Å². The standard InChI is InChI=1S/C18H29ClN2/c1-14(2)20-13-15-12-16(19)6-7-17(15)21-10-5-8-18(3,4)9-11-21/h6-7,12,14,20H,5,8-11,13H2,1-4H3. The molecule has 1 fully saturated rings. The van der Waals surface area contributed by atoms with E-state index in [4.69, 9.17) is 11.6 Å². The van der Waals surface area contributed by atoms with Crippen molar-refractivity contribution in [2.24, 2.45) is 5.41 Å². The molecule has 1 aromatic rings. The molecule has 0 radical (unpaired) electrons. The Morgan fingerprint density at radius 3 is 2.71 bits per heavy atom. The van der Waals surface area contributed by atoms with E-state index in [9.17, 15) is 0 Å². The Kier molecular flexibility index (Phi) is 5.56. The Morgan fingerprint density at radius 2 is 2.00 bits per heavy atom. The van der Waals surface area contributed by atoms with Crippen molar-refractivity contribution in [3.8, 4) is 0 Å². The highest BCUT2D eigenvalue weighted by molar-refractivity contribution is 6.30. The average Bonchev–Trinajstić information content (AvgIpc) is 2.57. The second-order valence-electron chi connectivity index (χ2n) is 7.31. The van der Waals surface area contributed by atoms with Crippen LogP contribution in [-0.4, -0.2) is 19.1 Å². The summed E-state index contributed by atoms with van der Waals surface area (Å²) in [6.45, 7) is 12.3. The molecule has 1 aliphatic rings. The smallest absolute Gasteiger partial charge is 0.0412 e. The van der Waals surface area contributed by atoms with Crippen LogP contribution in [0.2, 0.25) is 5.02 Å². The molecule has 0 unspecified atom stereocenters. The number of rotatable bonds is 4. The van der Waals surface area contributed by atoms with E-state index in [0.717, 1.165) is 24.7 Å². The van der Waals surface area contributed by atoms with Gasteiger partial charge in [-0.2, -0.15) is 0 Å². The summed E-state index contributed by atoms with van der Waals surface area (Å²) in [5.41, 5.74) is 3.14. The zero-order chi connectivity index (χ0) is 15.5. The van der Waals surface area contributed by atoms with Gasteiger partial charge in [-0.1, -0.05) is 39.3 Å². The number of benzene rings is 1. The number of anilines is 1. The number of nitrogens with zero attached hydrogens (tertiary/aromatic N) is 1. The maximum absolute atomic E-state index is 6.20. The molecule has 1 aromatic carbocycles. The highest BCUT2D eigenvalue weighted by atomic mass is 35.5. The average molecular weight is 309 g/mol. The minimum atomic E-state index is 0.470. The lowest BCUT2D eigenvalue weighted by molar-refractivity contribution is 0.325. The maximum Gasteiger partial charge on any atom is 0.0412 e. The van der Waals surface area contributed by atoms with Crippen molar-refractivity contribution in [1.29, 1.82) is 0 Å². The monoisotopic (exact) mass is 308 g/mol. The number of halogens is 1.